The molecule has 1 aromatic carbocycles. The molecule has 5 heteroatoms. The molecule has 0 heterocycles. The van der Waals surface area contributed by atoms with Crippen LogP contribution in [-0.4, -0.2) is 18.5 Å². The molecular weight excluding hydrogens is 275 g/mol. The number of hydrogen-bond donors (Lipinski definition) is 2. The highest BCUT2D eigenvalue weighted by Crippen LogP contribution is 2.19. The van der Waals surface area contributed by atoms with Gasteiger partial charge >= 0.3 is 0 Å². The number of carbonyl (C=O) groups excluding carboxylic acids is 1. The minimum Gasteiger partial charge on any atom is -0.325 e. The molecule has 1 rings (SSSR count). The van der Waals surface area contributed by atoms with Gasteiger partial charge in [0, 0.05) is 11.7 Å². The third-order valence-electron chi connectivity index (χ3n) is 1.87. The van der Waals surface area contributed by atoms with Gasteiger partial charge in [-0.15, -0.1) is 0 Å². The molecule has 0 fully saturated rings. The summed E-state index contributed by atoms with van der Waals surface area (Å²) in [5, 5.41) is 5.66. The Bertz CT molecular complexity index is 382. The van der Waals surface area contributed by atoms with Crippen LogP contribution in [0.15, 0.2) is 22.7 Å². The molecule has 1 amide bonds. The monoisotopic (exact) mass is 288 g/mol. The van der Waals surface area contributed by atoms with E-state index >= 15 is 0 Å². The van der Waals surface area contributed by atoms with Crippen molar-refractivity contribution in [2.75, 3.05) is 11.9 Å². The predicted octanol–water partition coefficient (Wildman–Crippen LogP) is 2.52. The maximum Gasteiger partial charge on any atom is 0.238 e. The van der Waals surface area contributed by atoms with E-state index in [1.165, 1.54) is 18.2 Å². The second-order valence-corrected chi connectivity index (χ2v) is 4.57. The Balaban J connectivity index is 2.53. The fourth-order valence-electron chi connectivity index (χ4n) is 1.08. The summed E-state index contributed by atoms with van der Waals surface area (Å²) in [5.41, 5.74) is 0.573. The number of hydrogen-bond acceptors (Lipinski definition) is 2. The van der Waals surface area contributed by atoms with Gasteiger partial charge in [0.25, 0.3) is 0 Å². The van der Waals surface area contributed by atoms with Crippen molar-refractivity contribution < 1.29 is 9.18 Å². The zero-order valence-corrected chi connectivity index (χ0v) is 10.8. The zero-order chi connectivity index (χ0) is 12.1. The molecule has 0 saturated carbocycles. The lowest BCUT2D eigenvalue weighted by atomic mass is 10.3. The molecule has 0 bridgehead atoms. The number of benzene rings is 1. The molecule has 1 aromatic rings. The molecule has 0 radical (unpaired) electrons. The molecule has 0 atom stereocenters. The van der Waals surface area contributed by atoms with Crippen molar-refractivity contribution in [2.45, 2.75) is 19.9 Å². The van der Waals surface area contributed by atoms with Crippen molar-refractivity contribution in [3.05, 3.63) is 28.5 Å². The second kappa shape index (κ2) is 5.96. The molecule has 88 valence electrons. The fourth-order valence-corrected chi connectivity index (χ4v) is 1.45. The topological polar surface area (TPSA) is 41.1 Å². The summed E-state index contributed by atoms with van der Waals surface area (Å²) < 4.78 is 13.3. The highest BCUT2D eigenvalue weighted by molar-refractivity contribution is 9.10. The van der Waals surface area contributed by atoms with Gasteiger partial charge in [-0.3, -0.25) is 4.79 Å². The molecule has 3 nitrogen and oxygen atoms in total. The van der Waals surface area contributed by atoms with E-state index in [0.717, 1.165) is 0 Å². The van der Waals surface area contributed by atoms with Crippen LogP contribution in [0.3, 0.4) is 0 Å². The molecule has 2 N–H and O–H groups in total. The summed E-state index contributed by atoms with van der Waals surface area (Å²) in [4.78, 5) is 11.4. The lowest BCUT2D eigenvalue weighted by Gasteiger charge is -2.09. The lowest BCUT2D eigenvalue weighted by Crippen LogP contribution is -2.32. The first-order valence-electron chi connectivity index (χ1n) is 4.97. The van der Waals surface area contributed by atoms with Gasteiger partial charge in [0.2, 0.25) is 5.91 Å². The van der Waals surface area contributed by atoms with Crippen molar-refractivity contribution in [1.82, 2.24) is 5.32 Å². The average Bonchev–Trinajstić information content (AvgIpc) is 2.21. The van der Waals surface area contributed by atoms with Gasteiger partial charge in [0.1, 0.15) is 5.82 Å². The van der Waals surface area contributed by atoms with Crippen molar-refractivity contribution in [1.29, 1.82) is 0 Å². The number of halogens is 2. The summed E-state index contributed by atoms with van der Waals surface area (Å²) >= 11 is 3.06. The molecule has 0 aliphatic carbocycles. The molecule has 0 aliphatic rings. The Morgan fingerprint density at radius 3 is 2.75 bits per heavy atom. The molecule has 0 aliphatic heterocycles. The first-order valence-corrected chi connectivity index (χ1v) is 5.76. The summed E-state index contributed by atoms with van der Waals surface area (Å²) in [7, 11) is 0. The van der Waals surface area contributed by atoms with Crippen molar-refractivity contribution in [3.8, 4) is 0 Å². The van der Waals surface area contributed by atoms with Crippen LogP contribution in [-0.2, 0) is 4.79 Å². The van der Waals surface area contributed by atoms with E-state index in [-0.39, 0.29) is 24.3 Å². The summed E-state index contributed by atoms with van der Waals surface area (Å²) in [6.45, 7) is 4.16. The Kier molecular flexibility index (Phi) is 4.89. The van der Waals surface area contributed by atoms with Gasteiger partial charge in [-0.2, -0.15) is 0 Å². The van der Waals surface area contributed by atoms with Crippen molar-refractivity contribution in [3.63, 3.8) is 0 Å². The summed E-state index contributed by atoms with van der Waals surface area (Å²) in [6, 6.07) is 4.61. The lowest BCUT2D eigenvalue weighted by molar-refractivity contribution is -0.115. The normalized spacial score (nSPS) is 10.6. The van der Waals surface area contributed by atoms with E-state index in [1.807, 2.05) is 13.8 Å². The van der Waals surface area contributed by atoms with E-state index in [9.17, 15) is 9.18 Å². The first-order chi connectivity index (χ1) is 7.49. The van der Waals surface area contributed by atoms with Crippen LogP contribution in [0.5, 0.6) is 0 Å². The molecule has 16 heavy (non-hydrogen) atoms. The van der Waals surface area contributed by atoms with E-state index < -0.39 is 0 Å². The zero-order valence-electron chi connectivity index (χ0n) is 9.18. The Morgan fingerprint density at radius 1 is 1.50 bits per heavy atom. The highest BCUT2D eigenvalue weighted by Gasteiger charge is 2.05. The van der Waals surface area contributed by atoms with Gasteiger partial charge in [0.05, 0.1) is 11.0 Å². The van der Waals surface area contributed by atoms with E-state index in [4.69, 9.17) is 0 Å². The number of anilines is 1. The SMILES string of the molecule is CC(C)NCC(=O)Nc1ccc(F)c(Br)c1. The number of rotatable bonds is 4. The third-order valence-corrected chi connectivity index (χ3v) is 2.48. The number of amides is 1. The van der Waals surface area contributed by atoms with E-state index in [2.05, 4.69) is 26.6 Å². The summed E-state index contributed by atoms with van der Waals surface area (Å²) in [6.07, 6.45) is 0. The Morgan fingerprint density at radius 2 is 2.19 bits per heavy atom. The highest BCUT2D eigenvalue weighted by atomic mass is 79.9. The van der Waals surface area contributed by atoms with Crippen molar-refractivity contribution >= 4 is 27.5 Å². The van der Waals surface area contributed by atoms with Gasteiger partial charge < -0.3 is 10.6 Å². The largest absolute Gasteiger partial charge is 0.325 e. The average molecular weight is 289 g/mol. The molecule has 0 spiro atoms. The molecule has 0 unspecified atom stereocenters. The van der Waals surface area contributed by atoms with Crippen molar-refractivity contribution in [2.24, 2.45) is 0 Å². The predicted molar refractivity (Wildman–Crippen MR) is 65.9 cm³/mol. The van der Waals surface area contributed by atoms with Gasteiger partial charge in [-0.05, 0) is 34.1 Å². The van der Waals surface area contributed by atoms with Crippen LogP contribution < -0.4 is 10.6 Å². The molecule has 0 aromatic heterocycles. The second-order valence-electron chi connectivity index (χ2n) is 3.71. The quantitative estimate of drug-likeness (QED) is 0.894. The van der Waals surface area contributed by atoms with Crippen LogP contribution in [0.2, 0.25) is 0 Å². The van der Waals surface area contributed by atoms with Crippen LogP contribution in [0.25, 0.3) is 0 Å². The summed E-state index contributed by atoms with van der Waals surface area (Å²) in [5.74, 6) is -0.495. The van der Waals surface area contributed by atoms with Gasteiger partial charge in [-0.1, -0.05) is 13.8 Å². The van der Waals surface area contributed by atoms with E-state index in [1.54, 1.807) is 0 Å². The molecule has 0 saturated heterocycles. The fraction of sp³-hybridized carbons (Fsp3) is 0.364. The van der Waals surface area contributed by atoms with Crippen LogP contribution >= 0.6 is 15.9 Å². The standard InChI is InChI=1S/C11H14BrFN2O/c1-7(2)14-6-11(16)15-8-3-4-10(13)9(12)5-8/h3-5,7,14H,6H2,1-2H3,(H,15,16). The minimum atomic E-state index is -0.349. The Labute approximate surface area is 103 Å². The number of nitrogens with one attached hydrogen (secondary N) is 2. The Hall–Kier alpha value is -0.940. The van der Waals surface area contributed by atoms with Gasteiger partial charge in [0.15, 0.2) is 0 Å². The minimum absolute atomic E-state index is 0.146. The maximum atomic E-state index is 12.9. The van der Waals surface area contributed by atoms with Crippen LogP contribution in [0, 0.1) is 5.82 Å². The first kappa shape index (κ1) is 13.1. The van der Waals surface area contributed by atoms with Gasteiger partial charge in [-0.25, -0.2) is 4.39 Å². The van der Waals surface area contributed by atoms with Crippen LogP contribution in [0.1, 0.15) is 13.8 Å². The molecular formula is C11H14BrFN2O. The maximum absolute atomic E-state index is 12.9. The van der Waals surface area contributed by atoms with E-state index in [0.29, 0.717) is 10.2 Å². The smallest absolute Gasteiger partial charge is 0.238 e. The van der Waals surface area contributed by atoms with Crippen LogP contribution in [0.4, 0.5) is 10.1 Å². The third kappa shape index (κ3) is 4.28. The number of carbonyl (C=O) groups is 1.